The number of rotatable bonds is 30. The number of aryl methyl sites for hydroxylation is 7. The number of alkyl halides is 2. The number of nitrogens with one attached hydrogen (secondary N) is 10. The van der Waals surface area contributed by atoms with Crippen molar-refractivity contribution in [2.24, 2.45) is 27.1 Å². The van der Waals surface area contributed by atoms with Crippen LogP contribution < -0.4 is 112 Å². The molecule has 0 aliphatic heterocycles. The molecule has 143 heavy (non-hydrogen) atoms. The molecule has 0 radical (unpaired) electrons. The van der Waals surface area contributed by atoms with Gasteiger partial charge in [0.2, 0.25) is 5.92 Å². The van der Waals surface area contributed by atoms with Gasteiger partial charge < -0.3 is 34.0 Å². The van der Waals surface area contributed by atoms with Crippen molar-refractivity contribution in [3.05, 3.63) is 339 Å². The minimum atomic E-state index is -2.63. The van der Waals surface area contributed by atoms with E-state index in [1.54, 1.807) is 48.0 Å². The monoisotopic (exact) mass is 1990 g/mol. The number of aromatic nitrogens is 26. The number of unbranched alkanes of at least 4 members (excludes halogenated alkanes) is 7. The number of hydrogen-bond acceptors (Lipinski definition) is 29. The molecule has 51 heteroatoms. The first-order valence-corrected chi connectivity index (χ1v) is 46.8. The van der Waals surface area contributed by atoms with Crippen LogP contribution in [0, 0.1) is 5.92 Å². The Balaban J connectivity index is 0.000000143. The summed E-state index contributed by atoms with van der Waals surface area (Å²) in [4.78, 5) is 285. The predicted octanol–water partition coefficient (Wildman–Crippen LogP) is 3.13. The van der Waals surface area contributed by atoms with Gasteiger partial charge >= 0.3 is 56.9 Å². The molecule has 0 saturated heterocycles. The summed E-state index contributed by atoms with van der Waals surface area (Å²) in [7, 11) is 3.88. The molecule has 1 aliphatic carbocycles. The van der Waals surface area contributed by atoms with Crippen LogP contribution >= 0.6 is 11.3 Å². The number of H-pyrrole nitrogens is 10. The summed E-state index contributed by atoms with van der Waals surface area (Å²) in [5.74, 6) is -0.967. The van der Waals surface area contributed by atoms with Gasteiger partial charge in [0, 0.05) is 103 Å². The fourth-order valence-electron chi connectivity index (χ4n) is 16.7. The van der Waals surface area contributed by atoms with Gasteiger partial charge in [0.05, 0.1) is 6.54 Å². The van der Waals surface area contributed by atoms with Crippen LogP contribution in [0.15, 0.2) is 214 Å². The highest BCUT2D eigenvalue weighted by molar-refractivity contribution is 7.09. The highest BCUT2D eigenvalue weighted by Crippen LogP contribution is 2.38. The molecule has 18 rings (SSSR count). The number of halogens is 2. The number of benzene rings is 2. The molecule has 0 atom stereocenters. The third-order valence-corrected chi connectivity index (χ3v) is 25.0. The first-order chi connectivity index (χ1) is 68.6. The van der Waals surface area contributed by atoms with E-state index in [9.17, 15) is 105 Å². The first-order valence-electron chi connectivity index (χ1n) is 45.9. The Morgan fingerprint density at radius 1 is 0.371 bits per heavy atom. The minimum absolute atomic E-state index is 0.0145. The molecule has 17 aromatic rings. The molecule has 10 N–H and O–H groups in total. The molecule has 48 nitrogen and oxygen atoms in total. The largest absolute Gasteiger partial charge is 0.332 e. The van der Waals surface area contributed by atoms with Crippen molar-refractivity contribution >= 4 is 77.3 Å². The molecule has 15 aromatic heterocycles. The van der Waals surface area contributed by atoms with Crippen LogP contribution in [0.2, 0.25) is 0 Å². The predicted molar refractivity (Wildman–Crippen MR) is 523 cm³/mol. The van der Waals surface area contributed by atoms with E-state index in [1.165, 1.54) is 44.3 Å². The van der Waals surface area contributed by atoms with Crippen LogP contribution in [0.25, 0.3) is 89.1 Å². The van der Waals surface area contributed by atoms with E-state index in [4.69, 9.17) is 9.05 Å². The molecule has 0 bridgehead atoms. The Bertz CT molecular complexity index is 8950. The van der Waals surface area contributed by atoms with Crippen LogP contribution in [0.1, 0.15) is 145 Å². The smallest absolute Gasteiger partial charge is 0.331 e. The quantitative estimate of drug-likeness (QED) is 0.0289. The van der Waals surface area contributed by atoms with Crippen molar-refractivity contribution in [3.63, 3.8) is 0 Å². The summed E-state index contributed by atoms with van der Waals surface area (Å²) in [6.07, 6.45) is 14.6. The van der Waals surface area contributed by atoms with E-state index in [2.05, 4.69) is 82.0 Å². The number of nitrogens with zero attached hydrogens (tertiary/aromatic N) is 16. The lowest BCUT2D eigenvalue weighted by Crippen LogP contribution is -2.43. The maximum Gasteiger partial charge on any atom is 0.331 e. The summed E-state index contributed by atoms with van der Waals surface area (Å²) in [6.45, 7) is 5.37. The van der Waals surface area contributed by atoms with Crippen molar-refractivity contribution in [2.75, 3.05) is 0 Å². The van der Waals surface area contributed by atoms with Crippen molar-refractivity contribution in [1.29, 1.82) is 0 Å². The second kappa shape index (κ2) is 45.3. The van der Waals surface area contributed by atoms with Crippen LogP contribution in [0.4, 0.5) is 8.78 Å². The third kappa shape index (κ3) is 23.3. The van der Waals surface area contributed by atoms with Gasteiger partial charge in [-0.05, 0) is 129 Å². The summed E-state index contributed by atoms with van der Waals surface area (Å²) < 4.78 is 47.8. The number of hydrogen-bond donors (Lipinski definition) is 10. The summed E-state index contributed by atoms with van der Waals surface area (Å²) >= 11 is 1.62. The van der Waals surface area contributed by atoms with Crippen molar-refractivity contribution in [2.45, 2.75) is 194 Å². The molecule has 1 saturated carbocycles. The average molecular weight is 1990 g/mol. The second-order valence-corrected chi connectivity index (χ2v) is 34.9. The molecule has 0 unspecified atom stereocenters. The molecule has 1 fully saturated rings. The van der Waals surface area contributed by atoms with E-state index >= 15 is 0 Å². The highest BCUT2D eigenvalue weighted by atomic mass is 32.1. The lowest BCUT2D eigenvalue weighted by atomic mass is 9.85. The standard InChI is InChI=1S/C23H27N7O5.C22H25N7O5.C18H14N4O4.C15H18F2N4O4.C14H14N4O4S/c1-2-3-4-8-13-29-18-17(26-22(33)27-19(18)31)21(32)30(23(29)34)14-9-6-11-16-25-20(35-28-16)15-10-5-7-12-24-15;1-2-3-7-12-28-17-16(25-21(32)26-18(17)30)20(31)29(22(28)33)13-8-5-10-15-24-19(34-27-15)14-9-4-6-11-23-14;1-21-16(24)13-14(15(23)20-17(25)19-13)22(18(21)26)9-11-7-4-6-10-5-2-3-8-12(10)11;1-20-12(23)9-10(11(22)19-13(24)18-9)21(14(20)25)7-4-8-2-5-15(16,17)6-3-8;1-17-12(20)9-10(11(19)16-13(21)15-9)18(14(17)22)6-2-4-8-5-3-7-23-8/h5,7,10,12H,2-4,6,8-9,11,13-14H2,1H3,(H2,26,27,31,33);4,6,9,11H,2-3,5,7-8,10,12-13H2,1H3,(H2,25,26,30,32);2-8H,9H2,1H3,(H2,19,20,23,25);8H,2-7H2,1H3,(H2,18,19,22,24);3,5,7H,2,4,6H2,1H3,(H2,15,16,19,21). The van der Waals surface area contributed by atoms with Crippen LogP contribution in [-0.4, -0.2) is 132 Å². The lowest BCUT2D eigenvalue weighted by molar-refractivity contribution is -0.0468. The number of fused-ring (bicyclic) bond motifs is 6. The second-order valence-electron chi connectivity index (χ2n) is 33.8. The molecule has 0 amide bonds. The Hall–Kier alpha value is -17.1. The summed E-state index contributed by atoms with van der Waals surface area (Å²) in [6, 6.07) is 28.0. The molecule has 0 spiro atoms. The van der Waals surface area contributed by atoms with Crippen LogP contribution in [-0.2, 0) is 86.2 Å². The third-order valence-electron chi connectivity index (χ3n) is 24.1. The molecule has 748 valence electrons. The SMILES string of the molecule is CCCCCCn1c(=O)n(CCCCc2noc(-c3ccccn3)n2)c(=O)c2[nH]c(=O)[nH]c(=O)c21.CCCCCn1c(=O)n(CCCCc2noc(-c3ccccn3)n2)c(=O)c2[nH]c(=O)[nH]c(=O)c21.Cn1c(=O)c2[nH]c(=O)[nH]c(=O)c2n(CCC2CCC(F)(F)CC2)c1=O.Cn1c(=O)c2[nH]c(=O)[nH]c(=O)c2n(CCCc2cccs2)c1=O.Cn1c(=O)c2[nH]c(=O)[nH]c(=O)c2n(Cc2cccc3ccccc23)c1=O. The maximum absolute atomic E-state index is 13.2. The number of thiophene rings is 1. The first kappa shape index (κ1) is 102. The fraction of sp³-hybridized carbons (Fsp3) is 0.370. The van der Waals surface area contributed by atoms with Crippen LogP contribution in [0.5, 0.6) is 0 Å². The topological polar surface area (TPSA) is 652 Å². The van der Waals surface area contributed by atoms with Gasteiger partial charge in [0.1, 0.15) is 66.6 Å². The Morgan fingerprint density at radius 2 is 0.741 bits per heavy atom. The Kier molecular flexibility index (Phi) is 32.2. The van der Waals surface area contributed by atoms with Crippen LogP contribution in [0.3, 0.4) is 0 Å². The lowest BCUT2D eigenvalue weighted by Gasteiger charge is -2.28. The van der Waals surface area contributed by atoms with Gasteiger partial charge in [0.25, 0.3) is 67.4 Å². The molecule has 1 aliphatic rings. The van der Waals surface area contributed by atoms with Gasteiger partial charge in [0.15, 0.2) is 11.6 Å². The normalized spacial score (nSPS) is 12.4. The van der Waals surface area contributed by atoms with Gasteiger partial charge in [-0.1, -0.05) is 117 Å². The van der Waals surface area contributed by atoms with E-state index in [0.717, 1.165) is 82.3 Å². The number of aromatic amines is 10. The van der Waals surface area contributed by atoms with E-state index in [1.807, 2.05) is 84.0 Å². The van der Waals surface area contributed by atoms with Crippen molar-refractivity contribution < 1.29 is 17.8 Å². The minimum Gasteiger partial charge on any atom is -0.332 e. The molecule has 2 aromatic carbocycles. The zero-order valence-electron chi connectivity index (χ0n) is 77.9. The zero-order valence-corrected chi connectivity index (χ0v) is 78.7. The molecular formula is C92H98F2N26O22S. The van der Waals surface area contributed by atoms with Gasteiger partial charge in [-0.3, -0.25) is 129 Å². The highest BCUT2D eigenvalue weighted by Gasteiger charge is 2.35. The fourth-order valence-corrected chi connectivity index (χ4v) is 17.5. The van der Waals surface area contributed by atoms with E-state index in [0.29, 0.717) is 112 Å². The van der Waals surface area contributed by atoms with Gasteiger partial charge in [-0.15, -0.1) is 11.3 Å². The summed E-state index contributed by atoms with van der Waals surface area (Å²) in [5, 5.41) is 11.8. The molecule has 15 heterocycles. The summed E-state index contributed by atoms with van der Waals surface area (Å²) in [5.41, 5.74) is -14.0. The Morgan fingerprint density at radius 3 is 1.17 bits per heavy atom. The van der Waals surface area contributed by atoms with Gasteiger partial charge in [-0.25, -0.2) is 56.7 Å². The number of pyridine rings is 2. The van der Waals surface area contributed by atoms with E-state index in [-0.39, 0.29) is 120 Å². The van der Waals surface area contributed by atoms with E-state index < -0.39 is 118 Å². The maximum atomic E-state index is 13.2. The average Bonchev–Trinajstić information content (AvgIpc) is 1.22. The Labute approximate surface area is 800 Å². The zero-order chi connectivity index (χ0) is 102. The molecular weight excluding hydrogens is 1890 g/mol. The van der Waals surface area contributed by atoms with Gasteiger partial charge in [-0.2, -0.15) is 9.97 Å². The van der Waals surface area contributed by atoms with Crippen molar-refractivity contribution in [1.82, 2.24) is 126 Å². The van der Waals surface area contributed by atoms with Crippen molar-refractivity contribution in [3.8, 4) is 23.2 Å².